The van der Waals surface area contributed by atoms with Gasteiger partial charge in [-0.15, -0.1) is 10.2 Å². The van der Waals surface area contributed by atoms with Crippen LogP contribution < -0.4 is 5.32 Å². The lowest BCUT2D eigenvalue weighted by atomic mass is 10.1. The molecule has 0 spiro atoms. The highest BCUT2D eigenvalue weighted by Gasteiger charge is 2.30. The zero-order chi connectivity index (χ0) is 24.4. The summed E-state index contributed by atoms with van der Waals surface area (Å²) in [4.78, 5) is 12.3. The maximum absolute atomic E-state index is 14.5. The number of halogens is 1. The third-order valence-electron chi connectivity index (χ3n) is 6.29. The van der Waals surface area contributed by atoms with E-state index in [1.807, 2.05) is 12.1 Å². The van der Waals surface area contributed by atoms with E-state index in [0.29, 0.717) is 5.69 Å². The van der Waals surface area contributed by atoms with Crippen molar-refractivity contribution in [3.05, 3.63) is 59.7 Å². The minimum absolute atomic E-state index is 0.0464. The molecule has 2 aliphatic rings. The van der Waals surface area contributed by atoms with Gasteiger partial charge < -0.3 is 14.6 Å². The maximum Gasteiger partial charge on any atom is 0.255 e. The summed E-state index contributed by atoms with van der Waals surface area (Å²) in [5.41, 5.74) is 1.46. The molecule has 0 bridgehead atoms. The van der Waals surface area contributed by atoms with Crippen LogP contribution in [0.4, 0.5) is 10.1 Å². The Morgan fingerprint density at radius 3 is 2.51 bits per heavy atom. The van der Waals surface area contributed by atoms with Crippen LogP contribution in [0.15, 0.2) is 47.4 Å². The summed E-state index contributed by atoms with van der Waals surface area (Å²) in [6.45, 7) is 1.65. The number of amides is 1. The molecule has 2 aliphatic heterocycles. The van der Waals surface area contributed by atoms with Crippen molar-refractivity contribution in [3.63, 3.8) is 0 Å². The van der Waals surface area contributed by atoms with Gasteiger partial charge >= 0.3 is 0 Å². The van der Waals surface area contributed by atoms with Crippen LogP contribution in [0, 0.1) is 5.82 Å². The predicted octanol–water partition coefficient (Wildman–Crippen LogP) is 3.08. The van der Waals surface area contributed by atoms with E-state index in [1.54, 1.807) is 12.1 Å². The van der Waals surface area contributed by atoms with Gasteiger partial charge in [0, 0.05) is 42.9 Å². The van der Waals surface area contributed by atoms with Gasteiger partial charge in [0.1, 0.15) is 16.5 Å². The number of fused-ring (bicyclic) bond motifs is 1. The Kier molecular flexibility index (Phi) is 6.63. The van der Waals surface area contributed by atoms with Gasteiger partial charge in [-0.2, -0.15) is 4.31 Å². The number of hydrogen-bond donors (Lipinski definition) is 1. The molecule has 0 atom stereocenters. The van der Waals surface area contributed by atoms with Crippen LogP contribution in [0.1, 0.15) is 35.4 Å². The minimum atomic E-state index is -4.08. The van der Waals surface area contributed by atoms with Crippen LogP contribution in [0.5, 0.6) is 0 Å². The van der Waals surface area contributed by atoms with E-state index in [1.165, 1.54) is 16.8 Å². The summed E-state index contributed by atoms with van der Waals surface area (Å²) in [6, 6.07) is 10.6. The quantitative estimate of drug-likeness (QED) is 0.578. The molecule has 1 N–H and O–H groups in total. The van der Waals surface area contributed by atoms with Gasteiger partial charge in [-0.3, -0.25) is 4.79 Å². The molecule has 1 saturated heterocycles. The van der Waals surface area contributed by atoms with E-state index in [4.69, 9.17) is 4.74 Å². The fourth-order valence-corrected chi connectivity index (χ4v) is 5.87. The molecule has 0 aliphatic carbocycles. The zero-order valence-corrected chi connectivity index (χ0v) is 19.9. The van der Waals surface area contributed by atoms with Crippen LogP contribution in [-0.2, 0) is 27.7 Å². The normalized spacial score (nSPS) is 16.9. The van der Waals surface area contributed by atoms with Gasteiger partial charge in [-0.25, -0.2) is 12.8 Å². The number of aryl methyl sites for hydroxylation is 1. The molecule has 9 nitrogen and oxygen atoms in total. The lowest BCUT2D eigenvalue weighted by molar-refractivity contribution is 0.0729. The molecule has 1 fully saturated rings. The first-order chi connectivity index (χ1) is 16.9. The number of hydrogen-bond acceptors (Lipinski definition) is 6. The number of rotatable bonds is 5. The number of ether oxygens (including phenoxy) is 1. The number of morpholine rings is 1. The summed E-state index contributed by atoms with van der Waals surface area (Å²) >= 11 is 0. The molecule has 0 saturated carbocycles. The van der Waals surface area contributed by atoms with Gasteiger partial charge in [-0.05, 0) is 55.3 Å². The molecule has 1 aromatic heterocycles. The summed E-state index contributed by atoms with van der Waals surface area (Å²) < 4.78 is 48.8. The molecule has 3 heterocycles. The van der Waals surface area contributed by atoms with E-state index >= 15 is 0 Å². The first-order valence-electron chi connectivity index (χ1n) is 11.6. The van der Waals surface area contributed by atoms with Gasteiger partial charge in [-0.1, -0.05) is 6.42 Å². The lowest BCUT2D eigenvalue weighted by Crippen LogP contribution is -2.41. The van der Waals surface area contributed by atoms with Crippen molar-refractivity contribution in [1.82, 2.24) is 19.1 Å². The Bertz CT molecular complexity index is 1330. The summed E-state index contributed by atoms with van der Waals surface area (Å²) in [6.07, 6.45) is 4.30. The number of anilines is 1. The third-order valence-corrected chi connectivity index (χ3v) is 8.21. The maximum atomic E-state index is 14.5. The van der Waals surface area contributed by atoms with Crippen molar-refractivity contribution in [3.8, 4) is 11.4 Å². The molecule has 0 radical (unpaired) electrons. The van der Waals surface area contributed by atoms with Crippen molar-refractivity contribution >= 4 is 21.6 Å². The summed E-state index contributed by atoms with van der Waals surface area (Å²) in [5.74, 6) is 0.364. The Balaban J connectivity index is 1.33. The van der Waals surface area contributed by atoms with E-state index < -0.39 is 26.6 Å². The van der Waals surface area contributed by atoms with Crippen molar-refractivity contribution in [2.24, 2.45) is 0 Å². The van der Waals surface area contributed by atoms with Crippen molar-refractivity contribution in [2.45, 2.75) is 37.1 Å². The fraction of sp³-hybridized carbons (Fsp3) is 0.375. The Morgan fingerprint density at radius 2 is 1.74 bits per heavy atom. The van der Waals surface area contributed by atoms with E-state index in [9.17, 15) is 17.6 Å². The summed E-state index contributed by atoms with van der Waals surface area (Å²) in [7, 11) is -4.08. The second-order valence-electron chi connectivity index (χ2n) is 8.60. The molecular weight excluding hydrogens is 473 g/mol. The van der Waals surface area contributed by atoms with Gasteiger partial charge in [0.05, 0.1) is 13.2 Å². The van der Waals surface area contributed by atoms with Crippen LogP contribution in [-0.4, -0.2) is 59.7 Å². The fourth-order valence-electron chi connectivity index (χ4n) is 4.37. The minimum Gasteiger partial charge on any atom is -0.379 e. The molecule has 2 aromatic carbocycles. The molecular formula is C24H26FN5O4S. The number of nitrogens with one attached hydrogen (secondary N) is 1. The zero-order valence-electron chi connectivity index (χ0n) is 19.1. The predicted molar refractivity (Wildman–Crippen MR) is 127 cm³/mol. The van der Waals surface area contributed by atoms with E-state index in [0.717, 1.165) is 55.2 Å². The molecule has 35 heavy (non-hydrogen) atoms. The van der Waals surface area contributed by atoms with E-state index in [2.05, 4.69) is 20.1 Å². The molecule has 5 rings (SSSR count). The average Bonchev–Trinajstić information content (AvgIpc) is 3.13. The van der Waals surface area contributed by atoms with Gasteiger partial charge in [0.15, 0.2) is 5.82 Å². The average molecular weight is 500 g/mol. The monoisotopic (exact) mass is 499 g/mol. The highest BCUT2D eigenvalue weighted by molar-refractivity contribution is 7.89. The second-order valence-corrected chi connectivity index (χ2v) is 10.5. The number of carbonyl (C=O) groups excluding carboxylic acids is 1. The summed E-state index contributed by atoms with van der Waals surface area (Å²) in [5, 5.41) is 11.4. The van der Waals surface area contributed by atoms with Crippen LogP contribution in [0.3, 0.4) is 0 Å². The van der Waals surface area contributed by atoms with Crippen molar-refractivity contribution in [1.29, 1.82) is 0 Å². The van der Waals surface area contributed by atoms with Crippen LogP contribution >= 0.6 is 0 Å². The highest BCUT2D eigenvalue weighted by atomic mass is 32.2. The topological polar surface area (TPSA) is 106 Å². The Labute approximate surface area is 203 Å². The smallest absolute Gasteiger partial charge is 0.255 e. The third kappa shape index (κ3) is 4.84. The Hall–Kier alpha value is -3.15. The number of carbonyl (C=O) groups is 1. The van der Waals surface area contributed by atoms with Gasteiger partial charge in [0.25, 0.3) is 5.91 Å². The lowest BCUT2D eigenvalue weighted by Gasteiger charge is -2.26. The largest absolute Gasteiger partial charge is 0.379 e. The molecule has 1 amide bonds. The molecule has 3 aromatic rings. The first-order valence-corrected chi connectivity index (χ1v) is 13.1. The standard InChI is InChI=1S/C24H26FN5O4S/c25-20-10-7-18(16-21(20)35(32,33)29-12-14-34-15-13-29)24(31)26-19-8-5-17(6-9-19)23-28-27-22-4-2-1-3-11-30(22)23/h5-10,16H,1-4,11-15H2,(H,26,31). The molecule has 11 heteroatoms. The number of aromatic nitrogens is 3. The van der Waals surface area contributed by atoms with E-state index in [-0.39, 0.29) is 31.9 Å². The van der Waals surface area contributed by atoms with Crippen molar-refractivity contribution in [2.75, 3.05) is 31.6 Å². The number of nitrogens with zero attached hydrogens (tertiary/aromatic N) is 4. The second kappa shape index (κ2) is 9.84. The highest BCUT2D eigenvalue weighted by Crippen LogP contribution is 2.25. The Morgan fingerprint density at radius 1 is 0.971 bits per heavy atom. The van der Waals surface area contributed by atoms with Crippen LogP contribution in [0.2, 0.25) is 0 Å². The molecule has 0 unspecified atom stereocenters. The number of benzene rings is 2. The SMILES string of the molecule is O=C(Nc1ccc(-c2nnc3n2CCCCC3)cc1)c1ccc(F)c(S(=O)(=O)N2CCOCC2)c1. The van der Waals surface area contributed by atoms with Gasteiger partial charge in [0.2, 0.25) is 10.0 Å². The number of sulfonamides is 1. The first kappa shape index (κ1) is 23.6. The van der Waals surface area contributed by atoms with Crippen molar-refractivity contribution < 1.29 is 22.3 Å². The van der Waals surface area contributed by atoms with Crippen LogP contribution in [0.25, 0.3) is 11.4 Å². The molecule has 184 valence electrons.